The van der Waals surface area contributed by atoms with Crippen LogP contribution in [-0.2, 0) is 0 Å². The molecule has 0 radical (unpaired) electrons. The summed E-state index contributed by atoms with van der Waals surface area (Å²) < 4.78 is 0. The Morgan fingerprint density at radius 3 is 2.58 bits per heavy atom. The summed E-state index contributed by atoms with van der Waals surface area (Å²) >= 11 is 12.0. The SMILES string of the molecule is CCCNc1cc(-c2ccc(Cl)c(Cl)c2)nc(C)n1. The Bertz CT molecular complexity index is 585. The highest BCUT2D eigenvalue weighted by Gasteiger charge is 2.06. The zero-order valence-corrected chi connectivity index (χ0v) is 12.4. The molecule has 0 aliphatic carbocycles. The van der Waals surface area contributed by atoms with E-state index in [1.165, 1.54) is 0 Å². The van der Waals surface area contributed by atoms with Gasteiger partial charge in [0.1, 0.15) is 11.6 Å². The van der Waals surface area contributed by atoms with Crippen molar-refractivity contribution in [3.05, 3.63) is 40.1 Å². The average molecular weight is 296 g/mol. The van der Waals surface area contributed by atoms with Gasteiger partial charge in [0.05, 0.1) is 15.7 Å². The first-order chi connectivity index (χ1) is 9.10. The number of nitrogens with one attached hydrogen (secondary N) is 1. The summed E-state index contributed by atoms with van der Waals surface area (Å²) in [4.78, 5) is 8.79. The third-order valence-corrected chi connectivity index (χ3v) is 3.35. The van der Waals surface area contributed by atoms with Gasteiger partial charge in [-0.1, -0.05) is 36.2 Å². The van der Waals surface area contributed by atoms with Crippen LogP contribution in [0.2, 0.25) is 10.0 Å². The molecule has 0 fully saturated rings. The van der Waals surface area contributed by atoms with E-state index in [9.17, 15) is 0 Å². The first-order valence-electron chi connectivity index (χ1n) is 6.15. The number of nitrogens with zero attached hydrogens (tertiary/aromatic N) is 2. The van der Waals surface area contributed by atoms with Crippen molar-refractivity contribution in [2.45, 2.75) is 20.3 Å². The highest BCUT2D eigenvalue weighted by molar-refractivity contribution is 6.42. The van der Waals surface area contributed by atoms with Gasteiger partial charge in [0, 0.05) is 18.2 Å². The summed E-state index contributed by atoms with van der Waals surface area (Å²) in [7, 11) is 0. The summed E-state index contributed by atoms with van der Waals surface area (Å²) in [5.41, 5.74) is 1.77. The monoisotopic (exact) mass is 295 g/mol. The summed E-state index contributed by atoms with van der Waals surface area (Å²) in [5, 5.41) is 4.33. The number of aromatic nitrogens is 2. The van der Waals surface area contributed by atoms with E-state index in [0.29, 0.717) is 10.0 Å². The Kier molecular flexibility index (Phi) is 4.61. The predicted octanol–water partition coefficient (Wildman–Crippen LogP) is 4.58. The Hall–Kier alpha value is -1.32. The molecule has 5 heteroatoms. The van der Waals surface area contributed by atoms with Crippen molar-refractivity contribution in [1.82, 2.24) is 9.97 Å². The van der Waals surface area contributed by atoms with E-state index in [1.807, 2.05) is 25.1 Å². The number of rotatable bonds is 4. The molecular formula is C14H15Cl2N3. The lowest BCUT2D eigenvalue weighted by Crippen LogP contribution is -2.04. The first-order valence-corrected chi connectivity index (χ1v) is 6.90. The van der Waals surface area contributed by atoms with Gasteiger partial charge in [0.2, 0.25) is 0 Å². The standard InChI is InChI=1S/C14H15Cl2N3/c1-3-6-17-14-8-13(18-9(2)19-14)10-4-5-11(15)12(16)7-10/h4-5,7-8H,3,6H2,1-2H3,(H,17,18,19). The van der Waals surface area contributed by atoms with Gasteiger partial charge < -0.3 is 5.32 Å². The molecule has 1 N–H and O–H groups in total. The van der Waals surface area contributed by atoms with Crippen LogP contribution in [-0.4, -0.2) is 16.5 Å². The molecule has 0 bridgehead atoms. The van der Waals surface area contributed by atoms with E-state index < -0.39 is 0 Å². The van der Waals surface area contributed by atoms with Crippen molar-refractivity contribution in [2.75, 3.05) is 11.9 Å². The molecule has 2 aromatic rings. The number of hydrogen-bond donors (Lipinski definition) is 1. The van der Waals surface area contributed by atoms with Crippen LogP contribution in [0, 0.1) is 6.92 Å². The maximum absolute atomic E-state index is 6.04. The van der Waals surface area contributed by atoms with E-state index in [-0.39, 0.29) is 0 Å². The van der Waals surface area contributed by atoms with E-state index >= 15 is 0 Å². The number of benzene rings is 1. The second-order valence-corrected chi connectivity index (χ2v) is 5.06. The Labute approximate surface area is 123 Å². The zero-order chi connectivity index (χ0) is 13.8. The van der Waals surface area contributed by atoms with Gasteiger partial charge in [-0.15, -0.1) is 0 Å². The fourth-order valence-electron chi connectivity index (χ4n) is 1.71. The lowest BCUT2D eigenvalue weighted by Gasteiger charge is -2.08. The highest BCUT2D eigenvalue weighted by Crippen LogP contribution is 2.28. The zero-order valence-electron chi connectivity index (χ0n) is 10.9. The third-order valence-electron chi connectivity index (χ3n) is 2.61. The summed E-state index contributed by atoms with van der Waals surface area (Å²) in [6.07, 6.45) is 1.05. The van der Waals surface area contributed by atoms with Crippen molar-refractivity contribution >= 4 is 29.0 Å². The van der Waals surface area contributed by atoms with Crippen LogP contribution in [0.4, 0.5) is 5.82 Å². The molecule has 100 valence electrons. The topological polar surface area (TPSA) is 37.8 Å². The minimum absolute atomic E-state index is 0.526. The maximum atomic E-state index is 6.04. The Morgan fingerprint density at radius 1 is 1.11 bits per heavy atom. The number of halogens is 2. The number of aryl methyl sites for hydroxylation is 1. The molecule has 0 aliphatic rings. The number of hydrogen-bond acceptors (Lipinski definition) is 3. The molecule has 3 nitrogen and oxygen atoms in total. The summed E-state index contributed by atoms with van der Waals surface area (Å²) in [6.45, 7) is 4.87. The van der Waals surface area contributed by atoms with Crippen LogP contribution in [0.1, 0.15) is 19.2 Å². The van der Waals surface area contributed by atoms with E-state index in [0.717, 1.165) is 35.9 Å². The van der Waals surface area contributed by atoms with Crippen LogP contribution in [0.3, 0.4) is 0 Å². The van der Waals surface area contributed by atoms with E-state index in [4.69, 9.17) is 23.2 Å². The molecule has 2 rings (SSSR count). The molecule has 0 saturated heterocycles. The van der Waals surface area contributed by atoms with Gasteiger partial charge in [-0.2, -0.15) is 0 Å². The molecule has 0 aliphatic heterocycles. The third kappa shape index (κ3) is 3.58. The van der Waals surface area contributed by atoms with Crippen LogP contribution in [0.25, 0.3) is 11.3 Å². The number of anilines is 1. The van der Waals surface area contributed by atoms with Gasteiger partial charge >= 0.3 is 0 Å². The quantitative estimate of drug-likeness (QED) is 0.897. The van der Waals surface area contributed by atoms with Gasteiger partial charge in [-0.25, -0.2) is 9.97 Å². The highest BCUT2D eigenvalue weighted by atomic mass is 35.5. The molecular weight excluding hydrogens is 281 g/mol. The molecule has 19 heavy (non-hydrogen) atoms. The maximum Gasteiger partial charge on any atom is 0.130 e. The summed E-state index contributed by atoms with van der Waals surface area (Å²) in [6, 6.07) is 7.41. The van der Waals surface area contributed by atoms with Crippen LogP contribution >= 0.6 is 23.2 Å². The fourth-order valence-corrected chi connectivity index (χ4v) is 2.01. The van der Waals surface area contributed by atoms with Crippen LogP contribution < -0.4 is 5.32 Å². The fraction of sp³-hybridized carbons (Fsp3) is 0.286. The first kappa shape index (κ1) is 14.1. The van der Waals surface area contributed by atoms with Crippen molar-refractivity contribution < 1.29 is 0 Å². The van der Waals surface area contributed by atoms with Crippen molar-refractivity contribution in [2.24, 2.45) is 0 Å². The van der Waals surface area contributed by atoms with Crippen molar-refractivity contribution in [1.29, 1.82) is 0 Å². The smallest absolute Gasteiger partial charge is 0.130 e. The van der Waals surface area contributed by atoms with Gasteiger partial charge in [-0.3, -0.25) is 0 Å². The second kappa shape index (κ2) is 6.22. The van der Waals surface area contributed by atoms with Gasteiger partial charge in [0.15, 0.2) is 0 Å². The molecule has 0 amide bonds. The summed E-state index contributed by atoms with van der Waals surface area (Å²) in [5.74, 6) is 1.55. The lowest BCUT2D eigenvalue weighted by atomic mass is 10.1. The Balaban J connectivity index is 2.37. The minimum Gasteiger partial charge on any atom is -0.370 e. The van der Waals surface area contributed by atoms with Crippen LogP contribution in [0.15, 0.2) is 24.3 Å². The van der Waals surface area contributed by atoms with Crippen LogP contribution in [0.5, 0.6) is 0 Å². The lowest BCUT2D eigenvalue weighted by molar-refractivity contribution is 0.955. The van der Waals surface area contributed by atoms with E-state index in [1.54, 1.807) is 6.07 Å². The van der Waals surface area contributed by atoms with Crippen molar-refractivity contribution in [3.63, 3.8) is 0 Å². The molecule has 0 unspecified atom stereocenters. The molecule has 0 spiro atoms. The Morgan fingerprint density at radius 2 is 1.89 bits per heavy atom. The molecule has 1 aromatic carbocycles. The molecule has 1 aromatic heterocycles. The van der Waals surface area contributed by atoms with Crippen molar-refractivity contribution in [3.8, 4) is 11.3 Å². The van der Waals surface area contributed by atoms with Gasteiger partial charge in [0.25, 0.3) is 0 Å². The molecule has 1 heterocycles. The van der Waals surface area contributed by atoms with Gasteiger partial charge in [-0.05, 0) is 25.5 Å². The largest absolute Gasteiger partial charge is 0.370 e. The van der Waals surface area contributed by atoms with E-state index in [2.05, 4.69) is 22.2 Å². The normalized spacial score (nSPS) is 10.5. The minimum atomic E-state index is 0.526. The molecule has 0 saturated carbocycles. The average Bonchev–Trinajstić information content (AvgIpc) is 2.39. The molecule has 0 atom stereocenters. The predicted molar refractivity (Wildman–Crippen MR) is 81.0 cm³/mol. The second-order valence-electron chi connectivity index (χ2n) is 4.24.